The Balaban J connectivity index is 1.93. The van der Waals surface area contributed by atoms with Gasteiger partial charge in [0.15, 0.2) is 0 Å². The Kier molecular flexibility index (Phi) is 4.19. The normalized spacial score (nSPS) is 16.9. The Hall–Kier alpha value is -1.13. The van der Waals surface area contributed by atoms with Crippen molar-refractivity contribution in [2.45, 2.75) is 31.8 Å². The summed E-state index contributed by atoms with van der Waals surface area (Å²) in [6.07, 6.45) is 2.56. The molecule has 0 amide bonds. The Morgan fingerprint density at radius 1 is 1.50 bits per heavy atom. The molecule has 2 rings (SSSR count). The van der Waals surface area contributed by atoms with E-state index in [0.29, 0.717) is 24.0 Å². The first kappa shape index (κ1) is 13.3. The van der Waals surface area contributed by atoms with E-state index in [1.165, 1.54) is 18.9 Å². The first-order valence-corrected chi connectivity index (χ1v) is 6.46. The summed E-state index contributed by atoms with van der Waals surface area (Å²) >= 11 is 0. The van der Waals surface area contributed by atoms with Crippen LogP contribution in [0.3, 0.4) is 0 Å². The van der Waals surface area contributed by atoms with E-state index in [4.69, 9.17) is 10.5 Å². The molecule has 1 aliphatic rings. The molecule has 1 fully saturated rings. The predicted molar refractivity (Wildman–Crippen MR) is 70.1 cm³/mol. The fourth-order valence-corrected chi connectivity index (χ4v) is 2.08. The predicted octanol–water partition coefficient (Wildman–Crippen LogP) is 2.32. The van der Waals surface area contributed by atoms with E-state index >= 15 is 0 Å². The van der Waals surface area contributed by atoms with Crippen LogP contribution in [-0.4, -0.2) is 31.1 Å². The maximum Gasteiger partial charge on any atom is 0.131 e. The van der Waals surface area contributed by atoms with Gasteiger partial charge in [-0.2, -0.15) is 0 Å². The largest absolute Gasteiger partial charge is 0.492 e. The van der Waals surface area contributed by atoms with Crippen molar-refractivity contribution in [1.82, 2.24) is 4.90 Å². The molecular weight excluding hydrogens is 231 g/mol. The number of hydrogen-bond donors (Lipinski definition) is 1. The molecule has 0 heterocycles. The molecule has 0 radical (unpaired) electrons. The fourth-order valence-electron chi connectivity index (χ4n) is 2.08. The van der Waals surface area contributed by atoms with Crippen molar-refractivity contribution in [2.75, 3.05) is 20.2 Å². The van der Waals surface area contributed by atoms with Crippen molar-refractivity contribution in [1.29, 1.82) is 0 Å². The van der Waals surface area contributed by atoms with Gasteiger partial charge in [0, 0.05) is 24.2 Å². The van der Waals surface area contributed by atoms with E-state index in [1.54, 1.807) is 19.1 Å². The van der Waals surface area contributed by atoms with Crippen LogP contribution in [-0.2, 0) is 0 Å². The third kappa shape index (κ3) is 3.21. The monoisotopic (exact) mass is 252 g/mol. The summed E-state index contributed by atoms with van der Waals surface area (Å²) in [4.78, 5) is 2.28. The smallest absolute Gasteiger partial charge is 0.131 e. The number of nitrogens with two attached hydrogens (primary N) is 1. The summed E-state index contributed by atoms with van der Waals surface area (Å²) in [5, 5.41) is 0. The van der Waals surface area contributed by atoms with E-state index < -0.39 is 0 Å². The minimum atomic E-state index is -0.359. The zero-order valence-corrected chi connectivity index (χ0v) is 11.0. The Labute approximate surface area is 108 Å². The zero-order chi connectivity index (χ0) is 13.1. The lowest BCUT2D eigenvalue weighted by Gasteiger charge is -2.18. The Morgan fingerprint density at radius 3 is 2.83 bits per heavy atom. The van der Waals surface area contributed by atoms with E-state index in [-0.39, 0.29) is 11.9 Å². The molecule has 3 nitrogen and oxygen atoms in total. The van der Waals surface area contributed by atoms with Crippen LogP contribution in [0.25, 0.3) is 0 Å². The second-order valence-corrected chi connectivity index (χ2v) is 5.00. The lowest BCUT2D eigenvalue weighted by atomic mass is 10.1. The Morgan fingerprint density at radius 2 is 2.22 bits per heavy atom. The topological polar surface area (TPSA) is 38.5 Å². The molecule has 100 valence electrons. The number of rotatable bonds is 6. The highest BCUT2D eigenvalue weighted by molar-refractivity contribution is 5.36. The van der Waals surface area contributed by atoms with Gasteiger partial charge >= 0.3 is 0 Å². The molecule has 1 aliphatic carbocycles. The first-order valence-electron chi connectivity index (χ1n) is 6.46. The minimum absolute atomic E-state index is 0.293. The van der Waals surface area contributed by atoms with Gasteiger partial charge in [0.1, 0.15) is 18.2 Å². The number of benzene rings is 1. The number of hydrogen-bond acceptors (Lipinski definition) is 3. The Bertz CT molecular complexity index is 405. The quantitative estimate of drug-likeness (QED) is 0.844. The van der Waals surface area contributed by atoms with Crippen LogP contribution in [0, 0.1) is 5.82 Å². The van der Waals surface area contributed by atoms with Gasteiger partial charge in [-0.3, -0.25) is 0 Å². The van der Waals surface area contributed by atoms with Gasteiger partial charge in [0.25, 0.3) is 0 Å². The summed E-state index contributed by atoms with van der Waals surface area (Å²) in [6, 6.07) is 5.21. The van der Waals surface area contributed by atoms with Crippen LogP contribution in [0.1, 0.15) is 31.4 Å². The molecule has 0 spiro atoms. The van der Waals surface area contributed by atoms with E-state index in [0.717, 1.165) is 6.54 Å². The van der Waals surface area contributed by atoms with Gasteiger partial charge < -0.3 is 15.4 Å². The molecule has 0 saturated heterocycles. The average Bonchev–Trinajstić information content (AvgIpc) is 3.12. The molecule has 1 atom stereocenters. The number of nitrogens with zero attached hydrogens (tertiary/aromatic N) is 1. The highest BCUT2D eigenvalue weighted by Gasteiger charge is 2.25. The zero-order valence-electron chi connectivity index (χ0n) is 11.0. The standard InChI is InChI=1S/C14H21FN2O/c1-10(16)14-12(15)4-3-5-13(14)18-9-8-17(2)11-6-7-11/h3-5,10-11H,6-9,16H2,1-2H3. The molecule has 1 aromatic carbocycles. The van der Waals surface area contributed by atoms with E-state index in [2.05, 4.69) is 11.9 Å². The summed E-state index contributed by atoms with van der Waals surface area (Å²) in [5.74, 6) is 0.271. The third-order valence-corrected chi connectivity index (χ3v) is 3.34. The second kappa shape index (κ2) is 5.67. The van der Waals surface area contributed by atoms with E-state index in [1.807, 2.05) is 0 Å². The van der Waals surface area contributed by atoms with Crippen LogP contribution in [0.4, 0.5) is 4.39 Å². The number of likely N-dealkylation sites (N-methyl/N-ethyl adjacent to an activating group) is 1. The van der Waals surface area contributed by atoms with Crippen molar-refractivity contribution in [3.8, 4) is 5.75 Å². The van der Waals surface area contributed by atoms with Crippen LogP contribution < -0.4 is 10.5 Å². The van der Waals surface area contributed by atoms with E-state index in [9.17, 15) is 4.39 Å². The lowest BCUT2D eigenvalue weighted by molar-refractivity contribution is 0.229. The van der Waals surface area contributed by atoms with Crippen LogP contribution in [0.5, 0.6) is 5.75 Å². The lowest BCUT2D eigenvalue weighted by Crippen LogP contribution is -2.26. The molecule has 0 aromatic heterocycles. The highest BCUT2D eigenvalue weighted by Crippen LogP contribution is 2.27. The second-order valence-electron chi connectivity index (χ2n) is 5.00. The molecule has 1 unspecified atom stereocenters. The summed E-state index contributed by atoms with van der Waals surface area (Å²) in [6.45, 7) is 3.19. The third-order valence-electron chi connectivity index (χ3n) is 3.34. The van der Waals surface area contributed by atoms with Gasteiger partial charge in [0.05, 0.1) is 0 Å². The van der Waals surface area contributed by atoms with Gasteiger partial charge in [-0.05, 0) is 38.9 Å². The van der Waals surface area contributed by atoms with Crippen molar-refractivity contribution in [3.05, 3.63) is 29.6 Å². The van der Waals surface area contributed by atoms with Crippen molar-refractivity contribution in [3.63, 3.8) is 0 Å². The van der Waals surface area contributed by atoms with Crippen LogP contribution in [0.2, 0.25) is 0 Å². The summed E-state index contributed by atoms with van der Waals surface area (Å²) in [5.41, 5.74) is 6.24. The van der Waals surface area contributed by atoms with Crippen LogP contribution in [0.15, 0.2) is 18.2 Å². The van der Waals surface area contributed by atoms with Crippen molar-refractivity contribution >= 4 is 0 Å². The SMILES string of the molecule is CC(N)c1c(F)cccc1OCCN(C)C1CC1. The molecule has 1 saturated carbocycles. The van der Waals surface area contributed by atoms with Gasteiger partial charge in [-0.15, -0.1) is 0 Å². The molecule has 0 bridgehead atoms. The first-order chi connectivity index (χ1) is 8.59. The molecule has 4 heteroatoms. The van der Waals surface area contributed by atoms with Gasteiger partial charge in [0.2, 0.25) is 0 Å². The molecule has 18 heavy (non-hydrogen) atoms. The van der Waals surface area contributed by atoms with Crippen molar-refractivity contribution in [2.24, 2.45) is 5.73 Å². The van der Waals surface area contributed by atoms with Gasteiger partial charge in [-0.1, -0.05) is 6.07 Å². The average molecular weight is 252 g/mol. The maximum absolute atomic E-state index is 13.7. The molecule has 2 N–H and O–H groups in total. The van der Waals surface area contributed by atoms with Crippen molar-refractivity contribution < 1.29 is 9.13 Å². The summed E-state index contributed by atoms with van der Waals surface area (Å²) < 4.78 is 19.3. The van der Waals surface area contributed by atoms with Crippen LogP contribution >= 0.6 is 0 Å². The van der Waals surface area contributed by atoms with Gasteiger partial charge in [-0.25, -0.2) is 4.39 Å². The molecular formula is C14H21FN2O. The maximum atomic E-state index is 13.7. The summed E-state index contributed by atoms with van der Waals surface area (Å²) in [7, 11) is 2.10. The minimum Gasteiger partial charge on any atom is -0.492 e. The fraction of sp³-hybridized carbons (Fsp3) is 0.571. The highest BCUT2D eigenvalue weighted by atomic mass is 19.1. The molecule has 0 aliphatic heterocycles. The molecule has 1 aromatic rings. The number of ether oxygens (including phenoxy) is 1. The number of halogens is 1.